The number of fused-ring (bicyclic) bond motifs is 1. The predicted molar refractivity (Wildman–Crippen MR) is 73.2 cm³/mol. The average molecular weight is 232 g/mol. The Morgan fingerprint density at radius 3 is 2.59 bits per heavy atom. The molecule has 2 atom stereocenters. The van der Waals surface area contributed by atoms with Crippen LogP contribution in [0.5, 0.6) is 0 Å². The topological polar surface area (TPSA) is 29.3 Å². The first-order valence-electron chi connectivity index (χ1n) is 6.61. The van der Waals surface area contributed by atoms with Gasteiger partial charge in [0.1, 0.15) is 0 Å². The molecule has 0 amide bonds. The van der Waals surface area contributed by atoms with E-state index in [9.17, 15) is 0 Å². The summed E-state index contributed by atoms with van der Waals surface area (Å²) in [4.78, 5) is 2.28. The van der Waals surface area contributed by atoms with Crippen molar-refractivity contribution in [1.82, 2.24) is 4.90 Å². The molecule has 1 aliphatic rings. The number of hydrogen-bond acceptors (Lipinski definition) is 2. The van der Waals surface area contributed by atoms with Gasteiger partial charge in [0, 0.05) is 12.1 Å². The van der Waals surface area contributed by atoms with Crippen LogP contribution in [0.25, 0.3) is 0 Å². The van der Waals surface area contributed by atoms with E-state index in [1.54, 1.807) is 11.1 Å². The Hall–Kier alpha value is -0.860. The molecule has 0 radical (unpaired) electrons. The summed E-state index contributed by atoms with van der Waals surface area (Å²) in [5.74, 6) is 0. The SMILES string of the molecule is CC(N)CC(c1ccc2c(c1)CCC2)N(C)C. The molecule has 1 aromatic rings. The van der Waals surface area contributed by atoms with Crippen LogP contribution < -0.4 is 5.73 Å². The Kier molecular flexibility index (Phi) is 3.85. The molecule has 0 fully saturated rings. The van der Waals surface area contributed by atoms with Crippen molar-refractivity contribution in [3.05, 3.63) is 34.9 Å². The lowest BCUT2D eigenvalue weighted by molar-refractivity contribution is 0.272. The Balaban J connectivity index is 2.24. The summed E-state index contributed by atoms with van der Waals surface area (Å²) in [6.07, 6.45) is 4.85. The fourth-order valence-corrected chi connectivity index (χ4v) is 2.80. The van der Waals surface area contributed by atoms with E-state index in [0.717, 1.165) is 6.42 Å². The van der Waals surface area contributed by atoms with Crippen LogP contribution in [0.4, 0.5) is 0 Å². The molecule has 0 bridgehead atoms. The summed E-state index contributed by atoms with van der Waals surface area (Å²) >= 11 is 0. The van der Waals surface area contributed by atoms with Crippen molar-refractivity contribution in [2.45, 2.75) is 44.7 Å². The monoisotopic (exact) mass is 232 g/mol. The maximum Gasteiger partial charge on any atom is 0.0356 e. The molecule has 0 aromatic heterocycles. The van der Waals surface area contributed by atoms with E-state index in [1.165, 1.54) is 24.8 Å². The zero-order valence-electron chi connectivity index (χ0n) is 11.2. The Morgan fingerprint density at radius 1 is 1.24 bits per heavy atom. The minimum absolute atomic E-state index is 0.246. The molecule has 0 aliphatic heterocycles. The van der Waals surface area contributed by atoms with E-state index < -0.39 is 0 Å². The van der Waals surface area contributed by atoms with E-state index in [1.807, 2.05) is 0 Å². The van der Waals surface area contributed by atoms with Gasteiger partial charge in [0.15, 0.2) is 0 Å². The number of nitrogens with zero attached hydrogens (tertiary/aromatic N) is 1. The first kappa shape index (κ1) is 12.6. The van der Waals surface area contributed by atoms with Gasteiger partial charge in [-0.05, 0) is 63.4 Å². The first-order valence-corrected chi connectivity index (χ1v) is 6.61. The summed E-state index contributed by atoms with van der Waals surface area (Å²) in [6, 6.07) is 7.69. The molecule has 2 heteroatoms. The smallest absolute Gasteiger partial charge is 0.0356 e. The van der Waals surface area contributed by atoms with E-state index in [2.05, 4.69) is 44.1 Å². The van der Waals surface area contributed by atoms with Gasteiger partial charge < -0.3 is 10.6 Å². The molecule has 0 saturated heterocycles. The third-order valence-electron chi connectivity index (χ3n) is 3.73. The lowest BCUT2D eigenvalue weighted by Crippen LogP contribution is -2.27. The standard InChI is InChI=1S/C15H24N2/c1-11(16)9-15(17(2)3)14-8-7-12-5-4-6-13(12)10-14/h7-8,10-11,15H,4-6,9,16H2,1-3H3. The highest BCUT2D eigenvalue weighted by Gasteiger charge is 2.18. The molecular formula is C15H24N2. The van der Waals surface area contributed by atoms with Gasteiger partial charge in [-0.25, -0.2) is 0 Å². The highest BCUT2D eigenvalue weighted by molar-refractivity contribution is 5.36. The van der Waals surface area contributed by atoms with Crippen LogP contribution >= 0.6 is 0 Å². The molecule has 2 N–H and O–H groups in total. The van der Waals surface area contributed by atoms with Crippen molar-refractivity contribution in [3.8, 4) is 0 Å². The van der Waals surface area contributed by atoms with Gasteiger partial charge in [0.05, 0.1) is 0 Å². The van der Waals surface area contributed by atoms with Crippen LogP contribution in [0.3, 0.4) is 0 Å². The number of rotatable bonds is 4. The van der Waals surface area contributed by atoms with Gasteiger partial charge in [-0.1, -0.05) is 18.2 Å². The van der Waals surface area contributed by atoms with Gasteiger partial charge in [-0.3, -0.25) is 0 Å². The molecule has 94 valence electrons. The lowest BCUT2D eigenvalue weighted by Gasteiger charge is -2.27. The Labute approximate surface area is 105 Å². The normalized spacial score (nSPS) is 18.2. The van der Waals surface area contributed by atoms with Crippen LogP contribution in [0.2, 0.25) is 0 Å². The second-order valence-electron chi connectivity index (χ2n) is 5.57. The van der Waals surface area contributed by atoms with Crippen molar-refractivity contribution in [1.29, 1.82) is 0 Å². The molecule has 2 unspecified atom stereocenters. The summed E-state index contributed by atoms with van der Waals surface area (Å²) < 4.78 is 0. The Morgan fingerprint density at radius 2 is 1.94 bits per heavy atom. The maximum absolute atomic E-state index is 5.95. The second-order valence-corrected chi connectivity index (χ2v) is 5.57. The third-order valence-corrected chi connectivity index (χ3v) is 3.73. The van der Waals surface area contributed by atoms with Gasteiger partial charge >= 0.3 is 0 Å². The molecule has 2 rings (SSSR count). The van der Waals surface area contributed by atoms with E-state index >= 15 is 0 Å². The fourth-order valence-electron chi connectivity index (χ4n) is 2.80. The molecule has 0 heterocycles. The van der Waals surface area contributed by atoms with E-state index in [4.69, 9.17) is 5.73 Å². The van der Waals surface area contributed by atoms with Gasteiger partial charge in [0.2, 0.25) is 0 Å². The summed E-state index contributed by atoms with van der Waals surface area (Å²) in [7, 11) is 4.28. The number of benzene rings is 1. The van der Waals surface area contributed by atoms with Gasteiger partial charge in [-0.15, -0.1) is 0 Å². The van der Waals surface area contributed by atoms with Crippen molar-refractivity contribution >= 4 is 0 Å². The quantitative estimate of drug-likeness (QED) is 0.864. The maximum atomic E-state index is 5.95. The van der Waals surface area contributed by atoms with Crippen molar-refractivity contribution < 1.29 is 0 Å². The van der Waals surface area contributed by atoms with Crippen LogP contribution in [0, 0.1) is 0 Å². The fraction of sp³-hybridized carbons (Fsp3) is 0.600. The molecule has 17 heavy (non-hydrogen) atoms. The number of aryl methyl sites for hydroxylation is 2. The molecule has 2 nitrogen and oxygen atoms in total. The predicted octanol–water partition coefficient (Wildman–Crippen LogP) is 2.52. The number of hydrogen-bond donors (Lipinski definition) is 1. The molecule has 1 aliphatic carbocycles. The summed E-state index contributed by atoms with van der Waals surface area (Å²) in [5, 5.41) is 0. The van der Waals surface area contributed by atoms with Crippen LogP contribution in [0.1, 0.15) is 42.5 Å². The molecule has 0 saturated carbocycles. The first-order chi connectivity index (χ1) is 8.08. The summed E-state index contributed by atoms with van der Waals surface area (Å²) in [6.45, 7) is 2.09. The summed E-state index contributed by atoms with van der Waals surface area (Å²) in [5.41, 5.74) is 10.5. The highest BCUT2D eigenvalue weighted by atomic mass is 15.1. The Bertz CT molecular complexity index is 383. The third kappa shape index (κ3) is 2.88. The largest absolute Gasteiger partial charge is 0.328 e. The van der Waals surface area contributed by atoms with Crippen LogP contribution in [0.15, 0.2) is 18.2 Å². The van der Waals surface area contributed by atoms with Crippen molar-refractivity contribution in [2.75, 3.05) is 14.1 Å². The molecular weight excluding hydrogens is 208 g/mol. The minimum Gasteiger partial charge on any atom is -0.328 e. The zero-order chi connectivity index (χ0) is 12.4. The van der Waals surface area contributed by atoms with Crippen molar-refractivity contribution in [2.24, 2.45) is 5.73 Å². The van der Waals surface area contributed by atoms with Gasteiger partial charge in [-0.2, -0.15) is 0 Å². The van der Waals surface area contributed by atoms with E-state index in [0.29, 0.717) is 6.04 Å². The minimum atomic E-state index is 0.246. The second kappa shape index (κ2) is 5.19. The lowest BCUT2D eigenvalue weighted by atomic mass is 9.96. The van der Waals surface area contributed by atoms with Crippen LogP contribution in [-0.4, -0.2) is 25.0 Å². The number of nitrogens with two attached hydrogens (primary N) is 1. The van der Waals surface area contributed by atoms with Crippen molar-refractivity contribution in [3.63, 3.8) is 0 Å². The zero-order valence-corrected chi connectivity index (χ0v) is 11.2. The van der Waals surface area contributed by atoms with E-state index in [-0.39, 0.29) is 6.04 Å². The average Bonchev–Trinajstić information content (AvgIpc) is 2.72. The highest BCUT2D eigenvalue weighted by Crippen LogP contribution is 2.29. The van der Waals surface area contributed by atoms with Gasteiger partial charge in [0.25, 0.3) is 0 Å². The van der Waals surface area contributed by atoms with Crippen LogP contribution in [-0.2, 0) is 12.8 Å². The molecule has 0 spiro atoms. The molecule has 1 aromatic carbocycles.